The standard InChI is InChI=1S/C17H18N4O2S2.C2HF3O2/c1-10-6-7-13(16-12(3)20-17(18)24-16)9-15(10)25(22,23)21-14-5-4-8-19-11(14)2;3-2(4,5)1(6)7/h4-9,21H,1-3H3,(H2,18,20);(H,6,7). The number of hydrogen-bond acceptors (Lipinski definition) is 7. The minimum Gasteiger partial charge on any atom is -0.475 e. The number of alkyl halides is 3. The molecule has 0 atom stereocenters. The van der Waals surface area contributed by atoms with Gasteiger partial charge in [-0.3, -0.25) is 9.71 Å². The minimum atomic E-state index is -5.08. The van der Waals surface area contributed by atoms with Crippen LogP contribution in [0.5, 0.6) is 0 Å². The molecule has 0 aliphatic heterocycles. The van der Waals surface area contributed by atoms with E-state index >= 15 is 0 Å². The number of nitrogen functional groups attached to an aromatic ring is 1. The summed E-state index contributed by atoms with van der Waals surface area (Å²) in [6, 6.07) is 8.70. The molecular formula is C19H19F3N4O4S2. The lowest BCUT2D eigenvalue weighted by Crippen LogP contribution is -2.21. The fourth-order valence-corrected chi connectivity index (χ4v) is 4.73. The molecule has 13 heteroatoms. The first-order valence-electron chi connectivity index (χ1n) is 8.81. The number of halogens is 3. The highest BCUT2D eigenvalue weighted by Crippen LogP contribution is 2.33. The van der Waals surface area contributed by atoms with E-state index < -0.39 is 22.2 Å². The number of pyridine rings is 1. The van der Waals surface area contributed by atoms with Gasteiger partial charge in [0.05, 0.1) is 26.8 Å². The van der Waals surface area contributed by atoms with Crippen LogP contribution in [0, 0.1) is 20.8 Å². The molecule has 2 heterocycles. The van der Waals surface area contributed by atoms with Gasteiger partial charge in [-0.1, -0.05) is 23.5 Å². The van der Waals surface area contributed by atoms with E-state index in [9.17, 15) is 21.6 Å². The molecule has 0 bridgehead atoms. The minimum absolute atomic E-state index is 0.222. The van der Waals surface area contributed by atoms with Crippen molar-refractivity contribution in [2.45, 2.75) is 31.8 Å². The first kappa shape index (κ1) is 25.1. The van der Waals surface area contributed by atoms with Crippen LogP contribution in [0.25, 0.3) is 10.4 Å². The topological polar surface area (TPSA) is 135 Å². The Hall–Kier alpha value is -3.19. The van der Waals surface area contributed by atoms with E-state index in [-0.39, 0.29) is 4.90 Å². The average Bonchev–Trinajstić information content (AvgIpc) is 3.01. The Morgan fingerprint density at radius 2 is 1.78 bits per heavy atom. The molecule has 3 aromatic rings. The third kappa shape index (κ3) is 6.17. The van der Waals surface area contributed by atoms with Gasteiger partial charge >= 0.3 is 12.1 Å². The predicted octanol–water partition coefficient (Wildman–Crippen LogP) is 4.15. The van der Waals surface area contributed by atoms with Crippen LogP contribution in [0.3, 0.4) is 0 Å². The zero-order valence-corrected chi connectivity index (χ0v) is 18.7. The van der Waals surface area contributed by atoms with Gasteiger partial charge < -0.3 is 10.8 Å². The van der Waals surface area contributed by atoms with E-state index in [1.807, 2.05) is 13.0 Å². The van der Waals surface area contributed by atoms with Crippen molar-refractivity contribution < 1.29 is 31.5 Å². The fraction of sp³-hybridized carbons (Fsp3) is 0.211. The highest BCUT2D eigenvalue weighted by Gasteiger charge is 2.38. The summed E-state index contributed by atoms with van der Waals surface area (Å²) < 4.78 is 60.1. The van der Waals surface area contributed by atoms with E-state index in [0.29, 0.717) is 22.1 Å². The molecule has 0 saturated heterocycles. The molecule has 0 saturated carbocycles. The Kier molecular flexibility index (Phi) is 7.46. The molecule has 1 aromatic carbocycles. The second-order valence-corrected chi connectivity index (χ2v) is 9.17. The second kappa shape index (κ2) is 9.53. The molecule has 0 amide bonds. The number of nitrogens with two attached hydrogens (primary N) is 1. The molecular weight excluding hydrogens is 469 g/mol. The van der Waals surface area contributed by atoms with Crippen molar-refractivity contribution in [3.05, 3.63) is 53.5 Å². The third-order valence-electron chi connectivity index (χ3n) is 4.05. The molecule has 8 nitrogen and oxygen atoms in total. The maximum atomic E-state index is 12.9. The molecule has 0 unspecified atom stereocenters. The van der Waals surface area contributed by atoms with Gasteiger partial charge in [0.15, 0.2) is 5.13 Å². The van der Waals surface area contributed by atoms with Crippen molar-refractivity contribution in [3.8, 4) is 10.4 Å². The third-order valence-corrected chi connectivity index (χ3v) is 6.59. The van der Waals surface area contributed by atoms with E-state index in [0.717, 1.165) is 16.1 Å². The Morgan fingerprint density at radius 3 is 2.28 bits per heavy atom. The van der Waals surface area contributed by atoms with E-state index in [4.69, 9.17) is 15.6 Å². The van der Waals surface area contributed by atoms with Gasteiger partial charge in [-0.25, -0.2) is 18.2 Å². The van der Waals surface area contributed by atoms with Gasteiger partial charge in [-0.15, -0.1) is 0 Å². The predicted molar refractivity (Wildman–Crippen MR) is 115 cm³/mol. The number of rotatable bonds is 4. The van der Waals surface area contributed by atoms with E-state index in [1.54, 1.807) is 44.3 Å². The Balaban J connectivity index is 0.000000451. The number of benzene rings is 1. The first-order chi connectivity index (χ1) is 14.7. The van der Waals surface area contributed by atoms with Crippen LogP contribution >= 0.6 is 11.3 Å². The summed E-state index contributed by atoms with van der Waals surface area (Å²) in [5.41, 5.74) is 9.06. The van der Waals surface area contributed by atoms with Crippen molar-refractivity contribution in [2.24, 2.45) is 0 Å². The Labute approximate surface area is 186 Å². The van der Waals surface area contributed by atoms with Crippen LogP contribution in [0.1, 0.15) is 17.0 Å². The van der Waals surface area contributed by atoms with Gasteiger partial charge in [0.1, 0.15) is 0 Å². The van der Waals surface area contributed by atoms with Crippen LogP contribution in [0.15, 0.2) is 41.4 Å². The van der Waals surface area contributed by atoms with Gasteiger partial charge in [0.25, 0.3) is 10.0 Å². The van der Waals surface area contributed by atoms with Crippen LogP contribution in [-0.4, -0.2) is 35.6 Å². The number of carbonyl (C=O) groups is 1. The summed E-state index contributed by atoms with van der Waals surface area (Å²) >= 11 is 1.34. The van der Waals surface area contributed by atoms with Crippen molar-refractivity contribution in [3.63, 3.8) is 0 Å². The maximum Gasteiger partial charge on any atom is 0.490 e. The monoisotopic (exact) mass is 488 g/mol. The molecule has 0 radical (unpaired) electrons. The number of anilines is 2. The first-order valence-corrected chi connectivity index (χ1v) is 11.1. The van der Waals surface area contributed by atoms with Crippen molar-refractivity contribution in [2.75, 3.05) is 10.5 Å². The summed E-state index contributed by atoms with van der Waals surface area (Å²) in [7, 11) is -3.74. The second-order valence-electron chi connectivity index (χ2n) is 6.49. The number of aromatic nitrogens is 2. The molecule has 3 rings (SSSR count). The number of carboxylic acid groups (broad SMARTS) is 1. The van der Waals surface area contributed by atoms with Crippen molar-refractivity contribution in [1.82, 2.24) is 9.97 Å². The number of nitrogens with one attached hydrogen (secondary N) is 1. The van der Waals surface area contributed by atoms with Gasteiger partial charge in [-0.2, -0.15) is 13.2 Å². The Bertz CT molecular complexity index is 1240. The number of nitrogens with zero attached hydrogens (tertiary/aromatic N) is 2. The number of aliphatic carboxylic acids is 1. The lowest BCUT2D eigenvalue weighted by Gasteiger charge is -2.13. The molecule has 172 valence electrons. The van der Waals surface area contributed by atoms with Gasteiger partial charge in [-0.05, 0) is 50.1 Å². The van der Waals surface area contributed by atoms with E-state index in [1.165, 1.54) is 11.3 Å². The molecule has 4 N–H and O–H groups in total. The molecule has 0 aliphatic carbocycles. The summed E-state index contributed by atoms with van der Waals surface area (Å²) in [5, 5.41) is 7.58. The van der Waals surface area contributed by atoms with Crippen LogP contribution in [0.2, 0.25) is 0 Å². The largest absolute Gasteiger partial charge is 0.490 e. The number of aryl methyl sites for hydroxylation is 3. The lowest BCUT2D eigenvalue weighted by atomic mass is 10.1. The van der Waals surface area contributed by atoms with Crippen molar-refractivity contribution in [1.29, 1.82) is 0 Å². The lowest BCUT2D eigenvalue weighted by molar-refractivity contribution is -0.192. The van der Waals surface area contributed by atoms with E-state index in [2.05, 4.69) is 14.7 Å². The molecule has 32 heavy (non-hydrogen) atoms. The SMILES string of the molecule is Cc1ccc(-c2sc(N)nc2C)cc1S(=O)(=O)Nc1cccnc1C.O=C(O)C(F)(F)F. The molecule has 2 aromatic heterocycles. The van der Waals surface area contributed by atoms with Crippen molar-refractivity contribution >= 4 is 38.1 Å². The fourth-order valence-electron chi connectivity index (χ4n) is 2.51. The summed E-state index contributed by atoms with van der Waals surface area (Å²) in [6.45, 7) is 5.38. The number of hydrogen-bond donors (Lipinski definition) is 3. The molecule has 0 fully saturated rings. The van der Waals surface area contributed by atoms with Crippen LogP contribution in [-0.2, 0) is 14.8 Å². The Morgan fingerprint density at radius 1 is 1.16 bits per heavy atom. The van der Waals surface area contributed by atoms with Crippen LogP contribution < -0.4 is 10.5 Å². The molecule has 0 spiro atoms. The molecule has 0 aliphatic rings. The summed E-state index contributed by atoms with van der Waals surface area (Å²) in [6.07, 6.45) is -3.46. The number of carboxylic acids is 1. The number of thiazole rings is 1. The zero-order valence-electron chi connectivity index (χ0n) is 17.1. The summed E-state index contributed by atoms with van der Waals surface area (Å²) in [5.74, 6) is -2.76. The zero-order chi connectivity index (χ0) is 24.3. The van der Waals surface area contributed by atoms with Gasteiger partial charge in [0, 0.05) is 6.20 Å². The van der Waals surface area contributed by atoms with Gasteiger partial charge in [0.2, 0.25) is 0 Å². The number of sulfonamides is 1. The highest BCUT2D eigenvalue weighted by atomic mass is 32.2. The normalized spacial score (nSPS) is 11.4. The quantitative estimate of drug-likeness (QED) is 0.502. The van der Waals surface area contributed by atoms with Crippen LogP contribution in [0.4, 0.5) is 24.0 Å². The highest BCUT2D eigenvalue weighted by molar-refractivity contribution is 7.92. The average molecular weight is 489 g/mol. The maximum absolute atomic E-state index is 12.9. The summed E-state index contributed by atoms with van der Waals surface area (Å²) in [4.78, 5) is 18.3. The smallest absolute Gasteiger partial charge is 0.475 e.